The first-order chi connectivity index (χ1) is 7.47. The van der Waals surface area contributed by atoms with Gasteiger partial charge in [-0.15, -0.1) is 0 Å². The zero-order valence-electron chi connectivity index (χ0n) is 8.89. The Balaban J connectivity index is 2.18. The molecule has 0 bridgehead atoms. The summed E-state index contributed by atoms with van der Waals surface area (Å²) in [5, 5.41) is -0.0929. The monoisotopic (exact) mass is 264 g/mol. The number of imidazole rings is 1. The third-order valence-corrected chi connectivity index (χ3v) is 3.80. The zero-order valence-corrected chi connectivity index (χ0v) is 10.5. The van der Waals surface area contributed by atoms with Gasteiger partial charge in [-0.25, -0.2) is 13.4 Å². The zero-order chi connectivity index (χ0) is 11.8. The van der Waals surface area contributed by atoms with E-state index in [1.54, 1.807) is 11.5 Å². The lowest BCUT2D eigenvalue weighted by Gasteiger charge is -2.10. The smallest absolute Gasteiger partial charge is 0.280 e. The van der Waals surface area contributed by atoms with E-state index in [9.17, 15) is 8.42 Å². The fourth-order valence-electron chi connectivity index (χ4n) is 1.79. The van der Waals surface area contributed by atoms with Crippen molar-refractivity contribution < 1.29 is 13.2 Å². The van der Waals surface area contributed by atoms with E-state index in [1.807, 2.05) is 0 Å². The highest BCUT2D eigenvalue weighted by atomic mass is 35.7. The molecule has 1 unspecified atom stereocenters. The Hall–Kier alpha value is -0.590. The molecule has 0 N–H and O–H groups in total. The summed E-state index contributed by atoms with van der Waals surface area (Å²) in [7, 11) is 1.49. The Morgan fingerprint density at radius 3 is 2.94 bits per heavy atom. The summed E-state index contributed by atoms with van der Waals surface area (Å²) in [5.41, 5.74) is 0. The van der Waals surface area contributed by atoms with E-state index in [4.69, 9.17) is 15.4 Å². The van der Waals surface area contributed by atoms with Crippen LogP contribution in [0.3, 0.4) is 0 Å². The fraction of sp³-hybridized carbons (Fsp3) is 0.667. The molecule has 1 aromatic heterocycles. The number of nitrogens with zero attached hydrogens (tertiary/aromatic N) is 2. The predicted molar refractivity (Wildman–Crippen MR) is 59.0 cm³/mol. The number of hydrogen-bond acceptors (Lipinski definition) is 4. The second-order valence-corrected chi connectivity index (χ2v) is 6.36. The summed E-state index contributed by atoms with van der Waals surface area (Å²) in [6.45, 7) is 3.16. The van der Waals surface area contributed by atoms with Gasteiger partial charge in [0.15, 0.2) is 5.03 Å². The second-order valence-electron chi connectivity index (χ2n) is 3.85. The van der Waals surface area contributed by atoms with Gasteiger partial charge in [-0.2, -0.15) is 0 Å². The number of rotatable bonds is 3. The van der Waals surface area contributed by atoms with E-state index < -0.39 is 9.05 Å². The molecule has 0 saturated carbocycles. The van der Waals surface area contributed by atoms with Crippen molar-refractivity contribution in [2.24, 2.45) is 0 Å². The fourth-order valence-corrected chi connectivity index (χ4v) is 2.51. The lowest BCUT2D eigenvalue weighted by Crippen LogP contribution is -2.15. The number of aromatic nitrogens is 2. The van der Waals surface area contributed by atoms with Crippen molar-refractivity contribution in [3.05, 3.63) is 12.0 Å². The largest absolute Gasteiger partial charge is 0.376 e. The van der Waals surface area contributed by atoms with E-state index in [0.717, 1.165) is 19.4 Å². The molecule has 7 heteroatoms. The van der Waals surface area contributed by atoms with Crippen LogP contribution in [0.5, 0.6) is 0 Å². The Morgan fingerprint density at radius 2 is 2.44 bits per heavy atom. The van der Waals surface area contributed by atoms with E-state index in [-0.39, 0.29) is 11.1 Å². The first-order valence-electron chi connectivity index (χ1n) is 5.07. The molecular formula is C9H13ClN2O3S. The van der Waals surface area contributed by atoms with Crippen LogP contribution in [-0.2, 0) is 20.3 Å². The molecule has 90 valence electrons. The first kappa shape index (κ1) is 11.9. The van der Waals surface area contributed by atoms with Crippen LogP contribution in [0, 0.1) is 6.92 Å². The maximum atomic E-state index is 11.1. The molecule has 5 nitrogen and oxygen atoms in total. The van der Waals surface area contributed by atoms with Crippen molar-refractivity contribution in [3.8, 4) is 0 Å². The van der Waals surface area contributed by atoms with Crippen LogP contribution in [0.25, 0.3) is 0 Å². The molecule has 1 atom stereocenters. The third kappa shape index (κ3) is 2.56. The van der Waals surface area contributed by atoms with Gasteiger partial charge in [0, 0.05) is 23.5 Å². The average molecular weight is 265 g/mol. The van der Waals surface area contributed by atoms with Crippen LogP contribution in [0.15, 0.2) is 11.2 Å². The quantitative estimate of drug-likeness (QED) is 0.772. The lowest BCUT2D eigenvalue weighted by molar-refractivity contribution is 0.0964. The molecule has 16 heavy (non-hydrogen) atoms. The maximum absolute atomic E-state index is 11.1. The molecule has 0 spiro atoms. The van der Waals surface area contributed by atoms with Crippen molar-refractivity contribution in [2.45, 2.75) is 37.4 Å². The minimum absolute atomic E-state index is 0.0929. The summed E-state index contributed by atoms with van der Waals surface area (Å²) < 4.78 is 29.4. The Bertz CT molecular complexity index is 477. The van der Waals surface area contributed by atoms with Crippen molar-refractivity contribution in [1.29, 1.82) is 0 Å². The minimum atomic E-state index is -3.74. The van der Waals surface area contributed by atoms with Gasteiger partial charge in [-0.1, -0.05) is 0 Å². The molecule has 1 saturated heterocycles. The molecule has 1 aliphatic rings. The molecular weight excluding hydrogens is 252 g/mol. The van der Waals surface area contributed by atoms with Gasteiger partial charge in [-0.05, 0) is 19.8 Å². The average Bonchev–Trinajstić information content (AvgIpc) is 2.76. The highest BCUT2D eigenvalue weighted by Crippen LogP contribution is 2.18. The minimum Gasteiger partial charge on any atom is -0.376 e. The lowest BCUT2D eigenvalue weighted by atomic mass is 10.2. The summed E-state index contributed by atoms with van der Waals surface area (Å²) in [4.78, 5) is 3.91. The van der Waals surface area contributed by atoms with Crippen molar-refractivity contribution in [3.63, 3.8) is 0 Å². The predicted octanol–water partition coefficient (Wildman–Crippen LogP) is 1.30. The summed E-state index contributed by atoms with van der Waals surface area (Å²) in [6, 6.07) is 0. The van der Waals surface area contributed by atoms with Gasteiger partial charge >= 0.3 is 0 Å². The molecule has 0 radical (unpaired) electrons. The Kier molecular flexibility index (Phi) is 3.23. The van der Waals surface area contributed by atoms with E-state index in [2.05, 4.69) is 4.98 Å². The van der Waals surface area contributed by atoms with Crippen LogP contribution in [-0.4, -0.2) is 30.7 Å². The normalized spacial score (nSPS) is 21.5. The van der Waals surface area contributed by atoms with E-state index in [1.165, 1.54) is 6.20 Å². The molecule has 1 fully saturated rings. The highest BCUT2D eigenvalue weighted by Gasteiger charge is 2.20. The highest BCUT2D eigenvalue weighted by molar-refractivity contribution is 8.13. The summed E-state index contributed by atoms with van der Waals surface area (Å²) in [6.07, 6.45) is 3.66. The van der Waals surface area contributed by atoms with Crippen LogP contribution in [0.1, 0.15) is 18.7 Å². The van der Waals surface area contributed by atoms with Gasteiger partial charge in [0.2, 0.25) is 0 Å². The number of aryl methyl sites for hydroxylation is 1. The van der Waals surface area contributed by atoms with Crippen LogP contribution in [0.4, 0.5) is 0 Å². The van der Waals surface area contributed by atoms with Crippen molar-refractivity contribution >= 4 is 19.7 Å². The van der Waals surface area contributed by atoms with Gasteiger partial charge in [-0.3, -0.25) is 0 Å². The number of halogens is 1. The number of hydrogen-bond donors (Lipinski definition) is 0. The van der Waals surface area contributed by atoms with Crippen LogP contribution in [0.2, 0.25) is 0 Å². The van der Waals surface area contributed by atoms with Crippen LogP contribution >= 0.6 is 10.7 Å². The second kappa shape index (κ2) is 4.35. The third-order valence-electron chi connectivity index (χ3n) is 2.63. The molecule has 0 aliphatic carbocycles. The van der Waals surface area contributed by atoms with E-state index in [0.29, 0.717) is 12.4 Å². The summed E-state index contributed by atoms with van der Waals surface area (Å²) >= 11 is 0. The van der Waals surface area contributed by atoms with Gasteiger partial charge < -0.3 is 9.30 Å². The summed E-state index contributed by atoms with van der Waals surface area (Å²) in [5.74, 6) is 0.634. The Morgan fingerprint density at radius 1 is 1.69 bits per heavy atom. The molecule has 0 aromatic carbocycles. The number of ether oxygens (including phenoxy) is 1. The molecule has 1 aromatic rings. The van der Waals surface area contributed by atoms with Crippen LogP contribution < -0.4 is 0 Å². The van der Waals surface area contributed by atoms with Gasteiger partial charge in [0.05, 0.1) is 12.6 Å². The molecule has 2 heterocycles. The van der Waals surface area contributed by atoms with Crippen molar-refractivity contribution in [2.75, 3.05) is 6.61 Å². The van der Waals surface area contributed by atoms with Gasteiger partial charge in [0.25, 0.3) is 9.05 Å². The maximum Gasteiger partial charge on any atom is 0.280 e. The molecule has 2 rings (SSSR count). The molecule has 0 amide bonds. The van der Waals surface area contributed by atoms with E-state index >= 15 is 0 Å². The Labute approximate surface area is 98.8 Å². The standard InChI is InChI=1S/C9H13ClN2O3S/c1-7-11-9(16(10,13)14)6-12(7)5-8-3-2-4-15-8/h6,8H,2-5H2,1H3. The SMILES string of the molecule is Cc1nc(S(=O)(=O)Cl)cn1CC1CCCO1. The first-order valence-corrected chi connectivity index (χ1v) is 7.38. The topological polar surface area (TPSA) is 61.2 Å². The molecule has 1 aliphatic heterocycles. The van der Waals surface area contributed by atoms with Gasteiger partial charge in [0.1, 0.15) is 5.82 Å². The van der Waals surface area contributed by atoms with Crippen molar-refractivity contribution in [1.82, 2.24) is 9.55 Å².